The van der Waals surface area contributed by atoms with Crippen LogP contribution in [0.4, 0.5) is 0 Å². The van der Waals surface area contributed by atoms with Gasteiger partial charge in [-0.15, -0.1) is 0 Å². The monoisotopic (exact) mass is 279 g/mol. The molecule has 0 bridgehead atoms. The van der Waals surface area contributed by atoms with E-state index in [9.17, 15) is 4.79 Å². The maximum Gasteiger partial charge on any atom is 0.287 e. The molecule has 0 spiro atoms. The van der Waals surface area contributed by atoms with Crippen LogP contribution < -0.4 is 11.3 Å². The number of carbonyl (C=O) groups excluding carboxylic acids is 1. The molecule has 1 atom stereocenters. The second-order valence-corrected chi connectivity index (χ2v) is 5.57. The zero-order valence-electron chi connectivity index (χ0n) is 11.5. The van der Waals surface area contributed by atoms with Crippen LogP contribution in [0.5, 0.6) is 0 Å². The molecular formula is C13H21N5O2. The summed E-state index contributed by atoms with van der Waals surface area (Å²) in [7, 11) is 0. The van der Waals surface area contributed by atoms with Crippen molar-refractivity contribution in [2.75, 3.05) is 26.2 Å². The molecular weight excluding hydrogens is 258 g/mol. The van der Waals surface area contributed by atoms with Gasteiger partial charge >= 0.3 is 0 Å². The third-order valence-electron chi connectivity index (χ3n) is 4.21. The average Bonchev–Trinajstić information content (AvgIpc) is 3.19. The van der Waals surface area contributed by atoms with Gasteiger partial charge in [0.1, 0.15) is 0 Å². The van der Waals surface area contributed by atoms with Gasteiger partial charge in [-0.25, -0.2) is 5.84 Å². The van der Waals surface area contributed by atoms with Crippen LogP contribution in [0.3, 0.4) is 0 Å². The fourth-order valence-corrected chi connectivity index (χ4v) is 3.15. The lowest BCUT2D eigenvalue weighted by Crippen LogP contribution is -2.35. The summed E-state index contributed by atoms with van der Waals surface area (Å²) in [5.41, 5.74) is 2.28. The highest BCUT2D eigenvalue weighted by atomic mass is 16.5. The SMILES string of the molecule is NNC(=O)c1cc(CN2CCC(N3CCCC3)C2)on1. The van der Waals surface area contributed by atoms with Crippen LogP contribution in [0.2, 0.25) is 0 Å². The highest BCUT2D eigenvalue weighted by Gasteiger charge is 2.29. The minimum Gasteiger partial charge on any atom is -0.359 e. The van der Waals surface area contributed by atoms with Gasteiger partial charge in [-0.3, -0.25) is 20.0 Å². The molecule has 3 N–H and O–H groups in total. The van der Waals surface area contributed by atoms with E-state index in [1.165, 1.54) is 32.4 Å². The molecule has 20 heavy (non-hydrogen) atoms. The molecule has 1 aromatic rings. The van der Waals surface area contributed by atoms with Crippen LogP contribution in [-0.4, -0.2) is 53.1 Å². The zero-order chi connectivity index (χ0) is 13.9. The molecule has 7 nitrogen and oxygen atoms in total. The van der Waals surface area contributed by atoms with Crippen LogP contribution in [0.25, 0.3) is 0 Å². The lowest BCUT2D eigenvalue weighted by atomic mass is 10.2. The molecule has 2 saturated heterocycles. The van der Waals surface area contributed by atoms with Crippen molar-refractivity contribution in [2.24, 2.45) is 5.84 Å². The van der Waals surface area contributed by atoms with E-state index in [0.717, 1.165) is 13.1 Å². The van der Waals surface area contributed by atoms with Crippen molar-refractivity contribution in [1.82, 2.24) is 20.4 Å². The second-order valence-electron chi connectivity index (χ2n) is 5.57. The highest BCUT2D eigenvalue weighted by Crippen LogP contribution is 2.21. The van der Waals surface area contributed by atoms with Crippen molar-refractivity contribution in [2.45, 2.75) is 31.8 Å². The molecule has 1 amide bonds. The van der Waals surface area contributed by atoms with E-state index in [1.54, 1.807) is 6.07 Å². The maximum absolute atomic E-state index is 11.3. The Kier molecular flexibility index (Phi) is 4.00. The van der Waals surface area contributed by atoms with Gasteiger partial charge in [-0.2, -0.15) is 0 Å². The number of hydrogen-bond acceptors (Lipinski definition) is 6. The standard InChI is InChI=1S/C13H21N5O2/c14-15-13(19)12-7-11(20-16-12)9-17-6-3-10(8-17)18-4-1-2-5-18/h7,10H,1-6,8-9,14H2,(H,15,19). The first-order valence-corrected chi connectivity index (χ1v) is 7.19. The van der Waals surface area contributed by atoms with Gasteiger partial charge in [0.05, 0.1) is 6.54 Å². The van der Waals surface area contributed by atoms with E-state index in [2.05, 4.69) is 20.4 Å². The summed E-state index contributed by atoms with van der Waals surface area (Å²) >= 11 is 0. The van der Waals surface area contributed by atoms with Crippen LogP contribution in [0, 0.1) is 0 Å². The Morgan fingerprint density at radius 1 is 1.45 bits per heavy atom. The number of likely N-dealkylation sites (tertiary alicyclic amines) is 2. The normalized spacial score (nSPS) is 24.4. The highest BCUT2D eigenvalue weighted by molar-refractivity contribution is 5.91. The lowest BCUT2D eigenvalue weighted by Gasteiger charge is -2.23. The number of nitrogens with one attached hydrogen (secondary N) is 1. The lowest BCUT2D eigenvalue weighted by molar-refractivity contribution is 0.0944. The van der Waals surface area contributed by atoms with Gasteiger partial charge in [-0.05, 0) is 32.4 Å². The minimum atomic E-state index is -0.420. The van der Waals surface area contributed by atoms with Gasteiger partial charge in [0.25, 0.3) is 5.91 Å². The van der Waals surface area contributed by atoms with Crippen molar-refractivity contribution in [3.63, 3.8) is 0 Å². The van der Waals surface area contributed by atoms with Crippen molar-refractivity contribution in [1.29, 1.82) is 0 Å². The van der Waals surface area contributed by atoms with Crippen molar-refractivity contribution >= 4 is 5.91 Å². The fourth-order valence-electron chi connectivity index (χ4n) is 3.15. The van der Waals surface area contributed by atoms with E-state index in [4.69, 9.17) is 10.4 Å². The number of nitrogen functional groups attached to an aromatic ring is 1. The zero-order valence-corrected chi connectivity index (χ0v) is 11.5. The smallest absolute Gasteiger partial charge is 0.287 e. The molecule has 3 heterocycles. The number of carbonyl (C=O) groups is 1. The Bertz CT molecular complexity index is 469. The fraction of sp³-hybridized carbons (Fsp3) is 0.692. The minimum absolute atomic E-state index is 0.234. The van der Waals surface area contributed by atoms with Gasteiger partial charge in [0.2, 0.25) is 0 Å². The molecule has 2 fully saturated rings. The quantitative estimate of drug-likeness (QED) is 0.456. The molecule has 110 valence electrons. The molecule has 2 aliphatic heterocycles. The summed E-state index contributed by atoms with van der Waals surface area (Å²) in [4.78, 5) is 16.3. The summed E-state index contributed by atoms with van der Waals surface area (Å²) in [5.74, 6) is 5.36. The maximum atomic E-state index is 11.3. The van der Waals surface area contributed by atoms with E-state index in [0.29, 0.717) is 18.3 Å². The van der Waals surface area contributed by atoms with Crippen molar-refractivity contribution < 1.29 is 9.32 Å². The van der Waals surface area contributed by atoms with Crippen LogP contribution in [0.15, 0.2) is 10.6 Å². The van der Waals surface area contributed by atoms with Gasteiger partial charge < -0.3 is 4.52 Å². The molecule has 7 heteroatoms. The van der Waals surface area contributed by atoms with E-state index < -0.39 is 5.91 Å². The average molecular weight is 279 g/mol. The van der Waals surface area contributed by atoms with Gasteiger partial charge in [0, 0.05) is 25.2 Å². The van der Waals surface area contributed by atoms with Crippen LogP contribution in [-0.2, 0) is 6.54 Å². The van der Waals surface area contributed by atoms with E-state index >= 15 is 0 Å². The summed E-state index contributed by atoms with van der Waals surface area (Å²) in [5, 5.41) is 3.72. The Labute approximate surface area is 118 Å². The number of nitrogens with two attached hydrogens (primary N) is 1. The van der Waals surface area contributed by atoms with E-state index in [-0.39, 0.29) is 5.69 Å². The molecule has 2 aliphatic rings. The van der Waals surface area contributed by atoms with Gasteiger partial charge in [-0.1, -0.05) is 5.16 Å². The number of hydrazine groups is 1. The Hall–Kier alpha value is -1.44. The Balaban J connectivity index is 1.53. The Morgan fingerprint density at radius 3 is 3.00 bits per heavy atom. The summed E-state index contributed by atoms with van der Waals surface area (Å²) < 4.78 is 5.19. The third kappa shape index (κ3) is 2.84. The molecule has 1 unspecified atom stereocenters. The van der Waals surface area contributed by atoms with E-state index in [1.807, 2.05) is 0 Å². The summed E-state index contributed by atoms with van der Waals surface area (Å²) in [6.45, 7) is 5.32. The number of rotatable bonds is 4. The van der Waals surface area contributed by atoms with Crippen molar-refractivity contribution in [3.8, 4) is 0 Å². The number of amides is 1. The first kappa shape index (κ1) is 13.5. The Morgan fingerprint density at radius 2 is 2.25 bits per heavy atom. The molecule has 0 aliphatic carbocycles. The van der Waals surface area contributed by atoms with Crippen LogP contribution in [0.1, 0.15) is 35.5 Å². The van der Waals surface area contributed by atoms with Crippen molar-refractivity contribution in [3.05, 3.63) is 17.5 Å². The number of hydrogen-bond donors (Lipinski definition) is 2. The number of nitrogens with zero attached hydrogens (tertiary/aromatic N) is 3. The largest absolute Gasteiger partial charge is 0.359 e. The van der Waals surface area contributed by atoms with Crippen LogP contribution >= 0.6 is 0 Å². The summed E-state index contributed by atoms with van der Waals surface area (Å²) in [6, 6.07) is 2.33. The molecule has 0 aromatic carbocycles. The van der Waals surface area contributed by atoms with Gasteiger partial charge in [0.15, 0.2) is 11.5 Å². The predicted molar refractivity (Wildman–Crippen MR) is 72.6 cm³/mol. The third-order valence-corrected chi connectivity index (χ3v) is 4.21. The first-order chi connectivity index (χ1) is 9.76. The molecule has 0 radical (unpaired) electrons. The second kappa shape index (κ2) is 5.90. The number of aromatic nitrogens is 1. The summed E-state index contributed by atoms with van der Waals surface area (Å²) in [6.07, 6.45) is 3.87. The topological polar surface area (TPSA) is 87.6 Å². The molecule has 1 aromatic heterocycles. The first-order valence-electron chi connectivity index (χ1n) is 7.19. The molecule has 0 saturated carbocycles. The molecule has 3 rings (SSSR count). The predicted octanol–water partition coefficient (Wildman–Crippen LogP) is -0.0518.